The number of aromatic nitrogens is 1. The van der Waals surface area contributed by atoms with E-state index in [2.05, 4.69) is 11.1 Å². The lowest BCUT2D eigenvalue weighted by molar-refractivity contribution is 1.17. The van der Waals surface area contributed by atoms with Crippen LogP contribution in [-0.4, -0.2) is 11.2 Å². The van der Waals surface area contributed by atoms with Gasteiger partial charge in [-0.15, -0.1) is 11.8 Å². The number of thioether (sulfide) groups is 1. The van der Waals surface area contributed by atoms with Crippen LogP contribution in [0.5, 0.6) is 0 Å². The van der Waals surface area contributed by atoms with Gasteiger partial charge in [0.05, 0.1) is 10.5 Å². The molecule has 0 saturated carbocycles. The summed E-state index contributed by atoms with van der Waals surface area (Å²) in [4.78, 5) is 4.38. The predicted octanol–water partition coefficient (Wildman–Crippen LogP) is 3.48. The van der Waals surface area contributed by atoms with Crippen molar-refractivity contribution in [2.75, 3.05) is 6.26 Å². The summed E-state index contributed by atoms with van der Waals surface area (Å²) in [6.45, 7) is 0. The highest BCUT2D eigenvalue weighted by atomic mass is 35.5. The number of halogens is 1. The number of pyridine rings is 1. The molecule has 0 bridgehead atoms. The molecular weight excluding hydrogens is 228 g/mol. The first-order valence-electron chi connectivity index (χ1n) is 4.30. The molecule has 1 aromatic heterocycles. The van der Waals surface area contributed by atoms with E-state index in [9.17, 15) is 0 Å². The molecule has 0 N–H and O–H groups in total. The first kappa shape index (κ1) is 10.3. The Bertz CT molecular complexity index is 560. The third-order valence-corrected chi connectivity index (χ3v) is 3.18. The molecule has 0 unspecified atom stereocenters. The molecule has 0 aliphatic rings. The molecule has 74 valence electrons. The van der Waals surface area contributed by atoms with Gasteiger partial charge in [-0.1, -0.05) is 29.8 Å². The van der Waals surface area contributed by atoms with Crippen LogP contribution in [0.4, 0.5) is 0 Å². The van der Waals surface area contributed by atoms with Crippen molar-refractivity contribution in [2.45, 2.75) is 5.03 Å². The number of hydrogen-bond donors (Lipinski definition) is 0. The van der Waals surface area contributed by atoms with E-state index in [-0.39, 0.29) is 0 Å². The standard InChI is InChI=1S/C11H7ClN2S/c1-15-11-8(6-13)10(12)7-4-2-3-5-9(7)14-11/h2-5H,1H3. The number of hydrogen-bond acceptors (Lipinski definition) is 3. The summed E-state index contributed by atoms with van der Waals surface area (Å²) in [6, 6.07) is 9.64. The summed E-state index contributed by atoms with van der Waals surface area (Å²) in [7, 11) is 0. The molecule has 1 heterocycles. The van der Waals surface area contributed by atoms with Gasteiger partial charge in [0.15, 0.2) is 0 Å². The van der Waals surface area contributed by atoms with Crippen LogP contribution in [0.3, 0.4) is 0 Å². The smallest absolute Gasteiger partial charge is 0.116 e. The van der Waals surface area contributed by atoms with Crippen molar-refractivity contribution < 1.29 is 0 Å². The Morgan fingerprint density at radius 1 is 1.40 bits per heavy atom. The fraction of sp³-hybridized carbons (Fsp3) is 0.0909. The Hall–Kier alpha value is -1.24. The molecule has 0 fully saturated rings. The first-order chi connectivity index (χ1) is 7.27. The van der Waals surface area contributed by atoms with Crippen molar-refractivity contribution in [1.82, 2.24) is 4.98 Å². The van der Waals surface area contributed by atoms with Crippen LogP contribution in [0, 0.1) is 11.3 Å². The topological polar surface area (TPSA) is 36.7 Å². The minimum atomic E-state index is 0.461. The van der Waals surface area contributed by atoms with Gasteiger partial charge in [-0.05, 0) is 12.3 Å². The second kappa shape index (κ2) is 4.09. The molecule has 0 radical (unpaired) electrons. The molecule has 0 aliphatic carbocycles. The third-order valence-electron chi connectivity index (χ3n) is 2.10. The van der Waals surface area contributed by atoms with Crippen molar-refractivity contribution in [3.8, 4) is 6.07 Å². The number of nitriles is 1. The fourth-order valence-corrected chi connectivity index (χ4v) is 2.28. The highest BCUT2D eigenvalue weighted by molar-refractivity contribution is 7.98. The maximum atomic E-state index is 9.00. The summed E-state index contributed by atoms with van der Waals surface area (Å²) < 4.78 is 0. The maximum Gasteiger partial charge on any atom is 0.116 e. The van der Waals surface area contributed by atoms with Gasteiger partial charge in [0.2, 0.25) is 0 Å². The molecule has 4 heteroatoms. The van der Waals surface area contributed by atoms with Crippen LogP contribution in [-0.2, 0) is 0 Å². The minimum Gasteiger partial charge on any atom is -0.240 e. The zero-order valence-corrected chi connectivity index (χ0v) is 9.56. The number of rotatable bonds is 1. The number of fused-ring (bicyclic) bond motifs is 1. The Balaban J connectivity index is 2.89. The monoisotopic (exact) mass is 234 g/mol. The molecule has 2 rings (SSSR count). The fourth-order valence-electron chi connectivity index (χ4n) is 1.40. The average molecular weight is 235 g/mol. The number of benzene rings is 1. The van der Waals surface area contributed by atoms with Crippen LogP contribution in [0.15, 0.2) is 29.3 Å². The summed E-state index contributed by atoms with van der Waals surface area (Å²) in [5, 5.41) is 11.0. The van der Waals surface area contributed by atoms with E-state index in [0.717, 1.165) is 10.9 Å². The van der Waals surface area contributed by atoms with E-state index in [1.54, 1.807) is 0 Å². The first-order valence-corrected chi connectivity index (χ1v) is 5.90. The van der Waals surface area contributed by atoms with Crippen LogP contribution >= 0.6 is 23.4 Å². The van der Waals surface area contributed by atoms with Crippen molar-refractivity contribution in [3.05, 3.63) is 34.9 Å². The maximum absolute atomic E-state index is 9.00. The van der Waals surface area contributed by atoms with E-state index in [1.165, 1.54) is 11.8 Å². The van der Waals surface area contributed by atoms with Gasteiger partial charge in [-0.3, -0.25) is 0 Å². The van der Waals surface area contributed by atoms with E-state index in [1.807, 2.05) is 30.5 Å². The van der Waals surface area contributed by atoms with Gasteiger partial charge in [-0.2, -0.15) is 5.26 Å². The van der Waals surface area contributed by atoms with Crippen LogP contribution in [0.25, 0.3) is 10.9 Å². The zero-order chi connectivity index (χ0) is 10.8. The molecule has 0 spiro atoms. The Labute approximate surface area is 96.9 Å². The van der Waals surface area contributed by atoms with Gasteiger partial charge >= 0.3 is 0 Å². The lowest BCUT2D eigenvalue weighted by atomic mass is 10.2. The van der Waals surface area contributed by atoms with Gasteiger partial charge in [0.1, 0.15) is 16.7 Å². The molecule has 0 saturated heterocycles. The minimum absolute atomic E-state index is 0.461. The predicted molar refractivity (Wildman–Crippen MR) is 63.2 cm³/mol. The second-order valence-electron chi connectivity index (χ2n) is 2.94. The van der Waals surface area contributed by atoms with E-state index in [0.29, 0.717) is 15.6 Å². The SMILES string of the molecule is CSc1nc2ccccc2c(Cl)c1C#N. The van der Waals surface area contributed by atoms with Gasteiger partial charge in [0.25, 0.3) is 0 Å². The van der Waals surface area contributed by atoms with Crippen LogP contribution < -0.4 is 0 Å². The summed E-state index contributed by atoms with van der Waals surface area (Å²) >= 11 is 7.58. The van der Waals surface area contributed by atoms with Crippen molar-refractivity contribution in [1.29, 1.82) is 5.26 Å². The zero-order valence-electron chi connectivity index (χ0n) is 7.99. The quantitative estimate of drug-likeness (QED) is 0.709. The van der Waals surface area contributed by atoms with Gasteiger partial charge in [0, 0.05) is 5.39 Å². The molecule has 0 atom stereocenters. The van der Waals surface area contributed by atoms with Crippen molar-refractivity contribution in [3.63, 3.8) is 0 Å². The summed E-state index contributed by atoms with van der Waals surface area (Å²) in [5.74, 6) is 0. The molecule has 15 heavy (non-hydrogen) atoms. The Morgan fingerprint density at radius 3 is 2.80 bits per heavy atom. The van der Waals surface area contributed by atoms with Crippen molar-refractivity contribution >= 4 is 34.3 Å². The lowest BCUT2D eigenvalue weighted by Gasteiger charge is -2.05. The Morgan fingerprint density at radius 2 is 2.13 bits per heavy atom. The van der Waals surface area contributed by atoms with Crippen molar-refractivity contribution in [2.24, 2.45) is 0 Å². The highest BCUT2D eigenvalue weighted by Crippen LogP contribution is 2.31. The largest absolute Gasteiger partial charge is 0.240 e. The van der Waals surface area contributed by atoms with E-state index < -0.39 is 0 Å². The molecule has 0 amide bonds. The lowest BCUT2D eigenvalue weighted by Crippen LogP contribution is -1.90. The van der Waals surface area contributed by atoms with Gasteiger partial charge < -0.3 is 0 Å². The van der Waals surface area contributed by atoms with E-state index in [4.69, 9.17) is 16.9 Å². The normalized spacial score (nSPS) is 10.2. The van der Waals surface area contributed by atoms with Crippen LogP contribution in [0.1, 0.15) is 5.56 Å². The Kier molecular flexibility index (Phi) is 2.81. The molecule has 1 aromatic carbocycles. The number of nitrogens with zero attached hydrogens (tertiary/aromatic N) is 2. The van der Waals surface area contributed by atoms with Crippen LogP contribution in [0.2, 0.25) is 5.02 Å². The summed E-state index contributed by atoms with van der Waals surface area (Å²) in [6.07, 6.45) is 1.88. The highest BCUT2D eigenvalue weighted by Gasteiger charge is 2.11. The average Bonchev–Trinajstić information content (AvgIpc) is 2.29. The molecule has 2 nitrogen and oxygen atoms in total. The molecule has 0 aliphatic heterocycles. The molecule has 2 aromatic rings. The van der Waals surface area contributed by atoms with Gasteiger partial charge in [-0.25, -0.2) is 4.98 Å². The number of para-hydroxylation sites is 1. The third kappa shape index (κ3) is 1.67. The molecular formula is C11H7ClN2S. The summed E-state index contributed by atoms with van der Waals surface area (Å²) in [5.41, 5.74) is 1.29. The van der Waals surface area contributed by atoms with E-state index >= 15 is 0 Å². The second-order valence-corrected chi connectivity index (χ2v) is 4.11.